The SMILES string of the molecule is CN(C)c1ccc(C=NC2C[C@H]3CC[C@@H](C2)N3C)cc1. The third-order valence-corrected chi connectivity index (χ3v) is 4.92. The van der Waals surface area contributed by atoms with Gasteiger partial charge in [0.2, 0.25) is 0 Å². The molecule has 2 bridgehead atoms. The number of benzene rings is 1. The van der Waals surface area contributed by atoms with E-state index < -0.39 is 0 Å². The monoisotopic (exact) mass is 271 g/mol. The number of piperidine rings is 1. The van der Waals surface area contributed by atoms with Crippen molar-refractivity contribution in [2.75, 3.05) is 26.0 Å². The Hall–Kier alpha value is -1.35. The molecule has 108 valence electrons. The quantitative estimate of drug-likeness (QED) is 0.787. The second-order valence-electron chi connectivity index (χ2n) is 6.44. The van der Waals surface area contributed by atoms with Crippen LogP contribution in [0.5, 0.6) is 0 Å². The average Bonchev–Trinajstić information content (AvgIpc) is 2.66. The van der Waals surface area contributed by atoms with Crippen LogP contribution in [0.25, 0.3) is 0 Å². The van der Waals surface area contributed by atoms with E-state index in [4.69, 9.17) is 4.99 Å². The topological polar surface area (TPSA) is 18.8 Å². The van der Waals surface area contributed by atoms with E-state index in [-0.39, 0.29) is 0 Å². The van der Waals surface area contributed by atoms with Crippen molar-refractivity contribution < 1.29 is 0 Å². The lowest BCUT2D eigenvalue weighted by molar-refractivity contribution is 0.164. The van der Waals surface area contributed by atoms with Crippen LogP contribution < -0.4 is 4.90 Å². The molecule has 2 saturated heterocycles. The molecule has 20 heavy (non-hydrogen) atoms. The van der Waals surface area contributed by atoms with Crippen LogP contribution in [0, 0.1) is 0 Å². The van der Waals surface area contributed by atoms with Gasteiger partial charge in [-0.1, -0.05) is 12.1 Å². The van der Waals surface area contributed by atoms with Crippen LogP contribution in [-0.4, -0.2) is 50.4 Å². The van der Waals surface area contributed by atoms with Crippen LogP contribution in [0.4, 0.5) is 5.69 Å². The zero-order valence-corrected chi connectivity index (χ0v) is 12.8. The second kappa shape index (κ2) is 5.57. The third kappa shape index (κ3) is 2.73. The number of anilines is 1. The minimum atomic E-state index is 0.525. The fourth-order valence-corrected chi connectivity index (χ4v) is 3.55. The number of hydrogen-bond donors (Lipinski definition) is 0. The predicted molar refractivity (Wildman–Crippen MR) is 86.0 cm³/mol. The molecule has 0 radical (unpaired) electrons. The van der Waals surface area contributed by atoms with Gasteiger partial charge in [-0.15, -0.1) is 0 Å². The first-order valence-electron chi connectivity index (χ1n) is 7.66. The Morgan fingerprint density at radius 3 is 2.25 bits per heavy atom. The summed E-state index contributed by atoms with van der Waals surface area (Å²) < 4.78 is 0. The first-order valence-corrected chi connectivity index (χ1v) is 7.66. The van der Waals surface area contributed by atoms with E-state index in [1.807, 2.05) is 0 Å². The summed E-state index contributed by atoms with van der Waals surface area (Å²) >= 11 is 0. The largest absolute Gasteiger partial charge is 0.378 e. The third-order valence-electron chi connectivity index (χ3n) is 4.92. The summed E-state index contributed by atoms with van der Waals surface area (Å²) in [4.78, 5) is 9.53. The molecule has 1 unspecified atom stereocenters. The molecule has 0 amide bonds. The zero-order chi connectivity index (χ0) is 14.1. The van der Waals surface area contributed by atoms with Crippen LogP contribution in [0.2, 0.25) is 0 Å². The Labute approximate surface area is 122 Å². The van der Waals surface area contributed by atoms with Gasteiger partial charge in [0.05, 0.1) is 6.04 Å². The number of nitrogens with zero attached hydrogens (tertiary/aromatic N) is 3. The number of fused-ring (bicyclic) bond motifs is 2. The number of rotatable bonds is 3. The van der Waals surface area contributed by atoms with Gasteiger partial charge in [-0.05, 0) is 50.4 Å². The highest BCUT2D eigenvalue weighted by Gasteiger charge is 2.37. The minimum Gasteiger partial charge on any atom is -0.378 e. The van der Waals surface area contributed by atoms with E-state index in [0.29, 0.717) is 6.04 Å². The van der Waals surface area contributed by atoms with Gasteiger partial charge in [-0.3, -0.25) is 4.99 Å². The second-order valence-corrected chi connectivity index (χ2v) is 6.44. The van der Waals surface area contributed by atoms with Crippen LogP contribution in [0.1, 0.15) is 31.2 Å². The van der Waals surface area contributed by atoms with Crippen LogP contribution in [0.15, 0.2) is 29.3 Å². The fourth-order valence-electron chi connectivity index (χ4n) is 3.55. The van der Waals surface area contributed by atoms with Gasteiger partial charge in [0, 0.05) is 38.1 Å². The molecule has 0 spiro atoms. The van der Waals surface area contributed by atoms with Crippen molar-refractivity contribution >= 4 is 11.9 Å². The molecule has 1 aromatic carbocycles. The maximum Gasteiger partial charge on any atom is 0.0529 e. The molecule has 0 saturated carbocycles. The number of aliphatic imine (C=N–C) groups is 1. The molecule has 0 aromatic heterocycles. The Balaban J connectivity index is 1.63. The van der Waals surface area contributed by atoms with Crippen molar-refractivity contribution in [3.8, 4) is 0 Å². The molecule has 2 heterocycles. The number of hydrogen-bond acceptors (Lipinski definition) is 3. The summed E-state index contributed by atoms with van der Waals surface area (Å²) in [6, 6.07) is 10.7. The summed E-state index contributed by atoms with van der Waals surface area (Å²) in [6.07, 6.45) is 7.27. The van der Waals surface area contributed by atoms with Gasteiger partial charge in [0.1, 0.15) is 0 Å². The van der Waals surface area contributed by atoms with Gasteiger partial charge >= 0.3 is 0 Å². The van der Waals surface area contributed by atoms with Crippen molar-refractivity contribution in [2.24, 2.45) is 4.99 Å². The summed E-state index contributed by atoms with van der Waals surface area (Å²) in [5.74, 6) is 0. The molecule has 2 fully saturated rings. The van der Waals surface area contributed by atoms with E-state index in [1.54, 1.807) is 0 Å². The van der Waals surface area contributed by atoms with E-state index in [9.17, 15) is 0 Å². The molecule has 1 aromatic rings. The fraction of sp³-hybridized carbons (Fsp3) is 0.588. The lowest BCUT2D eigenvalue weighted by Gasteiger charge is -2.34. The molecular formula is C17H25N3. The average molecular weight is 271 g/mol. The Morgan fingerprint density at radius 1 is 1.10 bits per heavy atom. The first-order chi connectivity index (χ1) is 9.63. The molecule has 0 N–H and O–H groups in total. The summed E-state index contributed by atoms with van der Waals surface area (Å²) in [7, 11) is 6.41. The van der Waals surface area contributed by atoms with Crippen molar-refractivity contribution in [1.82, 2.24) is 4.90 Å². The molecule has 3 nitrogen and oxygen atoms in total. The van der Waals surface area contributed by atoms with Crippen molar-refractivity contribution in [2.45, 2.75) is 43.8 Å². The Bertz CT molecular complexity index is 464. The van der Waals surface area contributed by atoms with Crippen molar-refractivity contribution in [1.29, 1.82) is 0 Å². The van der Waals surface area contributed by atoms with E-state index in [1.165, 1.54) is 36.9 Å². The van der Waals surface area contributed by atoms with E-state index in [0.717, 1.165) is 12.1 Å². The van der Waals surface area contributed by atoms with E-state index in [2.05, 4.69) is 61.4 Å². The smallest absolute Gasteiger partial charge is 0.0529 e. The Kier molecular flexibility index (Phi) is 3.79. The maximum atomic E-state index is 4.84. The molecule has 3 rings (SSSR count). The Morgan fingerprint density at radius 2 is 1.70 bits per heavy atom. The predicted octanol–water partition coefficient (Wildman–Crippen LogP) is 2.80. The van der Waals surface area contributed by atoms with Crippen molar-refractivity contribution in [3.63, 3.8) is 0 Å². The van der Waals surface area contributed by atoms with E-state index >= 15 is 0 Å². The normalized spacial score (nSPS) is 30.1. The van der Waals surface area contributed by atoms with Gasteiger partial charge in [0.25, 0.3) is 0 Å². The van der Waals surface area contributed by atoms with Crippen LogP contribution >= 0.6 is 0 Å². The van der Waals surface area contributed by atoms with Gasteiger partial charge in [-0.2, -0.15) is 0 Å². The van der Waals surface area contributed by atoms with Gasteiger partial charge < -0.3 is 9.80 Å². The van der Waals surface area contributed by atoms with Crippen LogP contribution in [-0.2, 0) is 0 Å². The first kappa shape index (κ1) is 13.6. The molecule has 2 aliphatic heterocycles. The minimum absolute atomic E-state index is 0.525. The highest BCUT2D eigenvalue weighted by molar-refractivity contribution is 5.80. The zero-order valence-electron chi connectivity index (χ0n) is 12.8. The summed E-state index contributed by atoms with van der Waals surface area (Å²) in [5.41, 5.74) is 2.45. The van der Waals surface area contributed by atoms with Crippen LogP contribution in [0.3, 0.4) is 0 Å². The lowest BCUT2D eigenvalue weighted by atomic mass is 9.98. The summed E-state index contributed by atoms with van der Waals surface area (Å²) in [5, 5.41) is 0. The van der Waals surface area contributed by atoms with Crippen molar-refractivity contribution in [3.05, 3.63) is 29.8 Å². The highest BCUT2D eigenvalue weighted by atomic mass is 15.2. The molecule has 2 aliphatic rings. The molecular weight excluding hydrogens is 246 g/mol. The summed E-state index contributed by atoms with van der Waals surface area (Å²) in [6.45, 7) is 0. The van der Waals surface area contributed by atoms with Gasteiger partial charge in [0.15, 0.2) is 0 Å². The molecule has 3 heteroatoms. The molecule has 0 aliphatic carbocycles. The highest BCUT2D eigenvalue weighted by Crippen LogP contribution is 2.35. The molecule has 3 atom stereocenters. The standard InChI is InChI=1S/C17H25N3/c1-19(2)15-6-4-13(5-7-15)12-18-14-10-16-8-9-17(11-14)20(16)3/h4-7,12,14,16-17H,8-11H2,1-3H3/t14?,16-,17+. The van der Waals surface area contributed by atoms with Gasteiger partial charge in [-0.25, -0.2) is 0 Å². The maximum absolute atomic E-state index is 4.84. The lowest BCUT2D eigenvalue weighted by Crippen LogP contribution is -2.41.